The van der Waals surface area contributed by atoms with E-state index in [1.54, 1.807) is 10.9 Å². The van der Waals surface area contributed by atoms with Crippen LogP contribution >= 0.6 is 0 Å². The minimum atomic E-state index is 0.0533. The molecular weight excluding hydrogens is 462 g/mol. The molecular formula is C30H35N5O2. The molecule has 2 fully saturated rings. The number of pyridine rings is 2. The topological polar surface area (TPSA) is 73.1 Å². The fourth-order valence-electron chi connectivity index (χ4n) is 5.75. The van der Waals surface area contributed by atoms with E-state index in [1.165, 1.54) is 24.0 Å². The monoisotopic (exact) mass is 497 g/mol. The van der Waals surface area contributed by atoms with Crippen LogP contribution in [0.3, 0.4) is 0 Å². The Morgan fingerprint density at radius 1 is 1.05 bits per heavy atom. The molecule has 1 atom stereocenters. The molecule has 0 aromatic carbocycles. The van der Waals surface area contributed by atoms with Gasteiger partial charge in [0.15, 0.2) is 11.6 Å². The summed E-state index contributed by atoms with van der Waals surface area (Å²) in [6, 6.07) is 6.85. The maximum atomic E-state index is 13.2. The summed E-state index contributed by atoms with van der Waals surface area (Å²) in [6.45, 7) is 7.80. The number of aromatic nitrogens is 4. The number of carbonyl (C=O) groups is 1. The van der Waals surface area contributed by atoms with Crippen molar-refractivity contribution < 1.29 is 9.53 Å². The molecule has 6 rings (SSSR count). The van der Waals surface area contributed by atoms with E-state index in [1.807, 2.05) is 25.4 Å². The van der Waals surface area contributed by atoms with Gasteiger partial charge in [0.1, 0.15) is 0 Å². The van der Waals surface area contributed by atoms with Gasteiger partial charge in [0.2, 0.25) is 0 Å². The Balaban J connectivity index is 1.12. The second-order valence-electron chi connectivity index (χ2n) is 10.7. The van der Waals surface area contributed by atoms with Gasteiger partial charge in [0, 0.05) is 37.9 Å². The van der Waals surface area contributed by atoms with E-state index in [9.17, 15) is 4.79 Å². The van der Waals surface area contributed by atoms with Crippen LogP contribution in [0.25, 0.3) is 11.4 Å². The van der Waals surface area contributed by atoms with Crippen LogP contribution in [-0.4, -0.2) is 62.8 Å². The lowest BCUT2D eigenvalue weighted by Gasteiger charge is -2.36. The number of ketones is 1. The lowest BCUT2D eigenvalue weighted by atomic mass is 9.90. The molecule has 3 aromatic heterocycles. The Bertz CT molecular complexity index is 1320. The highest BCUT2D eigenvalue weighted by Crippen LogP contribution is 2.39. The van der Waals surface area contributed by atoms with Gasteiger partial charge in [-0.1, -0.05) is 18.2 Å². The first kappa shape index (κ1) is 24.2. The zero-order chi connectivity index (χ0) is 25.4. The Morgan fingerprint density at radius 2 is 1.89 bits per heavy atom. The highest BCUT2D eigenvalue weighted by Gasteiger charge is 2.25. The van der Waals surface area contributed by atoms with Crippen molar-refractivity contribution in [2.75, 3.05) is 26.3 Å². The predicted molar refractivity (Wildman–Crippen MR) is 143 cm³/mol. The second-order valence-corrected chi connectivity index (χ2v) is 10.7. The van der Waals surface area contributed by atoms with Crippen molar-refractivity contribution >= 4 is 11.4 Å². The van der Waals surface area contributed by atoms with Crippen molar-refractivity contribution in [2.45, 2.75) is 64.3 Å². The summed E-state index contributed by atoms with van der Waals surface area (Å²) in [5.74, 6) is 1.47. The van der Waals surface area contributed by atoms with Crippen molar-refractivity contribution in [1.82, 2.24) is 24.6 Å². The smallest absolute Gasteiger partial charge is 0.170 e. The van der Waals surface area contributed by atoms with Crippen LogP contribution in [0.5, 0.6) is 0 Å². The second kappa shape index (κ2) is 10.3. The molecule has 192 valence electrons. The van der Waals surface area contributed by atoms with E-state index in [-0.39, 0.29) is 5.78 Å². The van der Waals surface area contributed by atoms with Crippen LogP contribution < -0.4 is 0 Å². The van der Waals surface area contributed by atoms with Crippen LogP contribution in [0.1, 0.15) is 76.5 Å². The molecule has 1 aliphatic heterocycles. The fourth-order valence-corrected chi connectivity index (χ4v) is 5.75. The minimum absolute atomic E-state index is 0.0533. The van der Waals surface area contributed by atoms with Crippen LogP contribution in [0, 0.1) is 13.8 Å². The third-order valence-electron chi connectivity index (χ3n) is 8.10. The van der Waals surface area contributed by atoms with Gasteiger partial charge in [-0.15, -0.1) is 0 Å². The van der Waals surface area contributed by atoms with Gasteiger partial charge >= 0.3 is 0 Å². The number of morpholine rings is 1. The van der Waals surface area contributed by atoms with Crippen molar-refractivity contribution in [3.63, 3.8) is 0 Å². The SMILES string of the molecule is Cc1cc(CC(=O)c2cnn(-c3ccc(C4CC4)cn3)c2C)cnc1C1=CC[C@H](N2CCOCC2)CC1. The van der Waals surface area contributed by atoms with Crippen LogP contribution in [0.4, 0.5) is 0 Å². The third-order valence-corrected chi connectivity index (χ3v) is 8.10. The summed E-state index contributed by atoms with van der Waals surface area (Å²) < 4.78 is 7.27. The molecule has 1 saturated carbocycles. The number of aryl methyl sites for hydroxylation is 1. The van der Waals surface area contributed by atoms with E-state index in [0.29, 0.717) is 23.9 Å². The molecule has 0 N–H and O–H groups in total. The quantitative estimate of drug-likeness (QED) is 0.435. The van der Waals surface area contributed by atoms with Crippen LogP contribution in [-0.2, 0) is 11.2 Å². The fraction of sp³-hybridized carbons (Fsp3) is 0.467. The molecule has 1 saturated heterocycles. The lowest BCUT2D eigenvalue weighted by molar-refractivity contribution is 0.0150. The standard InChI is InChI=1S/C30H35N5O2/c1-20-15-22(17-32-30(20)24-5-8-26(9-6-24)34-11-13-37-14-12-34)16-28(36)27-19-33-35(21(27)2)29-10-7-25(18-31-29)23-3-4-23/h5,7,10,15,17-19,23,26H,3-4,6,8-9,11-14,16H2,1-2H3/t26-/m0/s1. The minimum Gasteiger partial charge on any atom is -0.379 e. The van der Waals surface area contributed by atoms with Crippen molar-refractivity contribution in [3.8, 4) is 5.82 Å². The van der Waals surface area contributed by atoms with Crippen LogP contribution in [0.15, 0.2) is 42.9 Å². The molecule has 0 amide bonds. The third kappa shape index (κ3) is 5.15. The van der Waals surface area contributed by atoms with Crippen molar-refractivity contribution in [1.29, 1.82) is 0 Å². The largest absolute Gasteiger partial charge is 0.379 e. The van der Waals surface area contributed by atoms with Crippen molar-refractivity contribution in [3.05, 3.63) is 76.5 Å². The predicted octanol–water partition coefficient (Wildman–Crippen LogP) is 4.85. The normalized spacial score (nSPS) is 20.6. The molecule has 37 heavy (non-hydrogen) atoms. The summed E-state index contributed by atoms with van der Waals surface area (Å²) in [7, 11) is 0. The number of allylic oxidation sites excluding steroid dienone is 1. The average molecular weight is 498 g/mol. The molecule has 0 spiro atoms. The summed E-state index contributed by atoms with van der Waals surface area (Å²) >= 11 is 0. The number of Topliss-reactive ketones (excluding diaryl/α,β-unsaturated/α-hetero) is 1. The van der Waals surface area contributed by atoms with Gasteiger partial charge in [-0.25, -0.2) is 9.67 Å². The maximum Gasteiger partial charge on any atom is 0.170 e. The Kier molecular flexibility index (Phi) is 6.74. The van der Waals surface area contributed by atoms with Crippen LogP contribution in [0.2, 0.25) is 0 Å². The van der Waals surface area contributed by atoms with E-state index in [4.69, 9.17) is 9.72 Å². The van der Waals surface area contributed by atoms with Gasteiger partial charge in [-0.2, -0.15) is 5.10 Å². The summed E-state index contributed by atoms with van der Waals surface area (Å²) in [5, 5.41) is 4.47. The zero-order valence-corrected chi connectivity index (χ0v) is 21.8. The molecule has 0 radical (unpaired) electrons. The average Bonchev–Trinajstić information content (AvgIpc) is 3.71. The number of hydrogen-bond acceptors (Lipinski definition) is 6. The Hall–Kier alpha value is -3.16. The molecule has 7 heteroatoms. The summed E-state index contributed by atoms with van der Waals surface area (Å²) in [4.78, 5) is 25.1. The van der Waals surface area contributed by atoms with E-state index in [2.05, 4.69) is 40.1 Å². The maximum absolute atomic E-state index is 13.2. The first-order valence-corrected chi connectivity index (χ1v) is 13.6. The molecule has 0 bridgehead atoms. The molecule has 3 aromatic rings. The van der Waals surface area contributed by atoms with Gasteiger partial charge in [0.25, 0.3) is 0 Å². The molecule has 7 nitrogen and oxygen atoms in total. The Labute approximate surface area is 218 Å². The number of carbonyl (C=O) groups excluding carboxylic acids is 1. The molecule has 0 unspecified atom stereocenters. The van der Waals surface area contributed by atoms with Gasteiger partial charge in [-0.3, -0.25) is 14.7 Å². The first-order chi connectivity index (χ1) is 18.1. The Morgan fingerprint density at radius 3 is 2.57 bits per heavy atom. The highest BCUT2D eigenvalue weighted by atomic mass is 16.5. The number of rotatable bonds is 7. The summed E-state index contributed by atoms with van der Waals surface area (Å²) in [5.41, 5.74) is 7.22. The van der Waals surface area contributed by atoms with E-state index in [0.717, 1.165) is 73.9 Å². The summed E-state index contributed by atoms with van der Waals surface area (Å²) in [6.07, 6.45) is 13.9. The molecule has 2 aliphatic carbocycles. The van der Waals surface area contributed by atoms with Crippen molar-refractivity contribution in [2.24, 2.45) is 0 Å². The van der Waals surface area contributed by atoms with E-state index < -0.39 is 0 Å². The zero-order valence-electron chi connectivity index (χ0n) is 21.8. The number of nitrogens with zero attached hydrogens (tertiary/aromatic N) is 5. The van der Waals surface area contributed by atoms with Gasteiger partial charge < -0.3 is 4.74 Å². The highest BCUT2D eigenvalue weighted by molar-refractivity contribution is 5.98. The van der Waals surface area contributed by atoms with E-state index >= 15 is 0 Å². The number of hydrogen-bond donors (Lipinski definition) is 0. The first-order valence-electron chi connectivity index (χ1n) is 13.6. The van der Waals surface area contributed by atoms with Gasteiger partial charge in [-0.05, 0) is 80.2 Å². The lowest BCUT2D eigenvalue weighted by Crippen LogP contribution is -2.43. The molecule has 3 aliphatic rings. The van der Waals surface area contributed by atoms with Gasteiger partial charge in [0.05, 0.1) is 36.4 Å². The number of ether oxygens (including phenoxy) is 1. The molecule has 4 heterocycles.